The van der Waals surface area contributed by atoms with Crippen LogP contribution >= 0.6 is 0 Å². The molecule has 2 N–H and O–H groups in total. The predicted octanol–water partition coefficient (Wildman–Crippen LogP) is 3.36. The average molecular weight is 560 g/mol. The minimum Gasteiger partial charge on any atom is -0.315 e. The number of hydrogen-bond acceptors (Lipinski definition) is 7. The lowest BCUT2D eigenvalue weighted by Crippen LogP contribution is -2.48. The van der Waals surface area contributed by atoms with Gasteiger partial charge in [-0.2, -0.15) is 0 Å². The first-order valence-electron chi connectivity index (χ1n) is 17.1. The molecule has 0 aromatic rings. The van der Waals surface area contributed by atoms with Crippen molar-refractivity contribution in [3.8, 4) is 0 Å². The van der Waals surface area contributed by atoms with Crippen LogP contribution in [0.15, 0.2) is 23.8 Å². The summed E-state index contributed by atoms with van der Waals surface area (Å²) < 4.78 is 0. The molecule has 0 saturated carbocycles. The molecule has 7 nitrogen and oxygen atoms in total. The van der Waals surface area contributed by atoms with Gasteiger partial charge in [0, 0.05) is 65.4 Å². The molecular formula is C33H65N7. The van der Waals surface area contributed by atoms with E-state index in [0.717, 1.165) is 39.3 Å². The van der Waals surface area contributed by atoms with Crippen LogP contribution in [0.25, 0.3) is 0 Å². The van der Waals surface area contributed by atoms with Crippen molar-refractivity contribution in [3.05, 3.63) is 23.8 Å². The van der Waals surface area contributed by atoms with Crippen LogP contribution in [0.1, 0.15) is 65.2 Å². The molecule has 40 heavy (non-hydrogen) atoms. The molecule has 4 fully saturated rings. The zero-order valence-electron chi connectivity index (χ0n) is 26.6. The van der Waals surface area contributed by atoms with Crippen molar-refractivity contribution in [2.24, 2.45) is 0 Å². The fourth-order valence-corrected chi connectivity index (χ4v) is 6.33. The van der Waals surface area contributed by atoms with Crippen LogP contribution in [0, 0.1) is 0 Å². The molecule has 4 saturated heterocycles. The molecule has 4 rings (SSSR count). The molecule has 2 bridgehead atoms. The summed E-state index contributed by atoms with van der Waals surface area (Å²) in [5, 5.41) is 7.36. The van der Waals surface area contributed by atoms with E-state index >= 15 is 0 Å². The largest absolute Gasteiger partial charge is 0.315 e. The number of piperazine rings is 1. The van der Waals surface area contributed by atoms with E-state index < -0.39 is 0 Å². The SMILES string of the molecule is CCCN1CCCN(C/C=C/C(C)=C/CN2CCCN3CCN(CCCNCC2)CC3)CCCCCCNCC1. The lowest BCUT2D eigenvalue weighted by atomic mass is 10.1. The molecule has 4 aliphatic rings. The highest BCUT2D eigenvalue weighted by atomic mass is 15.3. The van der Waals surface area contributed by atoms with Crippen molar-refractivity contribution in [3.63, 3.8) is 0 Å². The Morgan fingerprint density at radius 2 is 1.12 bits per heavy atom. The number of rotatable bonds is 7. The van der Waals surface area contributed by atoms with Gasteiger partial charge < -0.3 is 25.3 Å². The molecule has 0 aliphatic carbocycles. The quantitative estimate of drug-likeness (QED) is 0.464. The molecule has 0 aromatic heterocycles. The number of allylic oxidation sites excluding steroid dienone is 2. The molecule has 0 spiro atoms. The Balaban J connectivity index is 1.43. The summed E-state index contributed by atoms with van der Waals surface area (Å²) in [6, 6.07) is 0. The first kappa shape index (κ1) is 33.7. The van der Waals surface area contributed by atoms with Gasteiger partial charge >= 0.3 is 0 Å². The summed E-state index contributed by atoms with van der Waals surface area (Å²) in [7, 11) is 0. The van der Waals surface area contributed by atoms with Crippen molar-refractivity contribution in [1.82, 2.24) is 35.1 Å². The third-order valence-corrected chi connectivity index (χ3v) is 8.93. The Morgan fingerprint density at radius 3 is 1.88 bits per heavy atom. The van der Waals surface area contributed by atoms with Crippen molar-refractivity contribution >= 4 is 0 Å². The monoisotopic (exact) mass is 560 g/mol. The maximum absolute atomic E-state index is 3.70. The third-order valence-electron chi connectivity index (χ3n) is 8.93. The number of nitrogens with one attached hydrogen (secondary N) is 2. The minimum absolute atomic E-state index is 1.07. The Kier molecular flexibility index (Phi) is 18.4. The maximum atomic E-state index is 3.70. The van der Waals surface area contributed by atoms with Gasteiger partial charge in [-0.05, 0) is 104 Å². The number of hydrogen-bond donors (Lipinski definition) is 2. The van der Waals surface area contributed by atoms with E-state index in [1.807, 2.05) is 0 Å². The number of nitrogens with zero attached hydrogens (tertiary/aromatic N) is 5. The van der Waals surface area contributed by atoms with Crippen LogP contribution in [-0.4, -0.2) is 149 Å². The van der Waals surface area contributed by atoms with E-state index in [4.69, 9.17) is 0 Å². The summed E-state index contributed by atoms with van der Waals surface area (Å²) in [4.78, 5) is 13.4. The first-order chi connectivity index (χ1) is 19.7. The summed E-state index contributed by atoms with van der Waals surface area (Å²) in [5.41, 5.74) is 1.41. The highest BCUT2D eigenvalue weighted by Gasteiger charge is 2.17. The van der Waals surface area contributed by atoms with Crippen LogP contribution in [0.3, 0.4) is 0 Å². The van der Waals surface area contributed by atoms with E-state index in [0.29, 0.717) is 0 Å². The molecule has 7 heteroatoms. The normalized spacial score (nSPS) is 27.9. The molecule has 0 unspecified atom stereocenters. The van der Waals surface area contributed by atoms with E-state index in [-0.39, 0.29) is 0 Å². The number of fused-ring (bicyclic) bond motifs is 11. The van der Waals surface area contributed by atoms with E-state index in [1.54, 1.807) is 0 Å². The predicted molar refractivity (Wildman–Crippen MR) is 173 cm³/mol. The van der Waals surface area contributed by atoms with Gasteiger partial charge in [-0.25, -0.2) is 0 Å². The highest BCUT2D eigenvalue weighted by molar-refractivity contribution is 5.16. The van der Waals surface area contributed by atoms with Crippen LogP contribution in [0.5, 0.6) is 0 Å². The third kappa shape index (κ3) is 15.4. The molecule has 232 valence electrons. The molecule has 0 atom stereocenters. The van der Waals surface area contributed by atoms with Crippen molar-refractivity contribution in [2.45, 2.75) is 65.2 Å². The average Bonchev–Trinajstić information content (AvgIpc) is 2.96. The fourth-order valence-electron chi connectivity index (χ4n) is 6.33. The Hall–Kier alpha value is -0.800. The van der Waals surface area contributed by atoms with Crippen LogP contribution in [0.4, 0.5) is 0 Å². The Labute approximate surface area is 248 Å². The van der Waals surface area contributed by atoms with Gasteiger partial charge in [0.25, 0.3) is 0 Å². The van der Waals surface area contributed by atoms with E-state index in [9.17, 15) is 0 Å². The topological polar surface area (TPSA) is 40.3 Å². The van der Waals surface area contributed by atoms with Gasteiger partial charge in [0.2, 0.25) is 0 Å². The summed E-state index contributed by atoms with van der Waals surface area (Å²) >= 11 is 0. The minimum atomic E-state index is 1.07. The Morgan fingerprint density at radius 1 is 0.550 bits per heavy atom. The van der Waals surface area contributed by atoms with Gasteiger partial charge in [-0.3, -0.25) is 9.80 Å². The van der Waals surface area contributed by atoms with Crippen LogP contribution in [-0.2, 0) is 0 Å². The lowest BCUT2D eigenvalue weighted by molar-refractivity contribution is 0.124. The molecule has 4 aliphatic heterocycles. The summed E-state index contributed by atoms with van der Waals surface area (Å²) in [6.45, 7) is 27.3. The van der Waals surface area contributed by atoms with E-state index in [2.05, 4.69) is 67.2 Å². The van der Waals surface area contributed by atoms with Crippen molar-refractivity contribution in [1.29, 1.82) is 0 Å². The summed E-state index contributed by atoms with van der Waals surface area (Å²) in [6.07, 6.45) is 17.7. The summed E-state index contributed by atoms with van der Waals surface area (Å²) in [5.74, 6) is 0. The second-order valence-corrected chi connectivity index (χ2v) is 12.5. The van der Waals surface area contributed by atoms with Gasteiger partial charge in [0.05, 0.1) is 0 Å². The lowest BCUT2D eigenvalue weighted by Gasteiger charge is -2.35. The van der Waals surface area contributed by atoms with Gasteiger partial charge in [-0.1, -0.05) is 43.6 Å². The van der Waals surface area contributed by atoms with Crippen molar-refractivity contribution in [2.75, 3.05) is 124 Å². The van der Waals surface area contributed by atoms with Crippen LogP contribution < -0.4 is 10.6 Å². The van der Waals surface area contributed by atoms with Crippen LogP contribution in [0.2, 0.25) is 0 Å². The first-order valence-corrected chi connectivity index (χ1v) is 17.1. The molecule has 0 radical (unpaired) electrons. The smallest absolute Gasteiger partial charge is 0.0169 e. The van der Waals surface area contributed by atoms with Gasteiger partial charge in [-0.15, -0.1) is 0 Å². The van der Waals surface area contributed by atoms with Gasteiger partial charge in [0.15, 0.2) is 0 Å². The van der Waals surface area contributed by atoms with Gasteiger partial charge in [0.1, 0.15) is 0 Å². The molecular weight excluding hydrogens is 494 g/mol. The molecule has 0 amide bonds. The second kappa shape index (κ2) is 21.8. The highest BCUT2D eigenvalue weighted by Crippen LogP contribution is 2.07. The standard InChI is InChI=1S/C33H65N7/c1-3-18-36-22-10-23-37(19-7-5-4-6-14-34-16-27-36)20-8-12-33(2)13-26-38-24-11-25-40-31-29-39(30-32-40)21-9-15-35-17-28-38/h8,12-13,34-35H,3-7,9-11,14-32H2,1-2H3/b12-8+,33-13+. The van der Waals surface area contributed by atoms with Crippen molar-refractivity contribution < 1.29 is 0 Å². The zero-order chi connectivity index (χ0) is 28.1. The Bertz CT molecular complexity index is 671. The molecule has 4 heterocycles. The maximum Gasteiger partial charge on any atom is 0.0169 e. The van der Waals surface area contributed by atoms with E-state index in [1.165, 1.54) is 142 Å². The fraction of sp³-hybridized carbons (Fsp3) is 0.879. The molecule has 0 aromatic carbocycles. The zero-order valence-corrected chi connectivity index (χ0v) is 26.6. The second-order valence-electron chi connectivity index (χ2n) is 12.5.